The van der Waals surface area contributed by atoms with Crippen molar-refractivity contribution in [3.8, 4) is 0 Å². The van der Waals surface area contributed by atoms with Gasteiger partial charge in [0, 0.05) is 52.2 Å². The molecule has 1 aromatic heterocycles. The van der Waals surface area contributed by atoms with Crippen molar-refractivity contribution in [3.05, 3.63) is 30.1 Å². The molecule has 0 unspecified atom stereocenters. The van der Waals surface area contributed by atoms with E-state index < -0.39 is 24.3 Å². The lowest BCUT2D eigenvalue weighted by molar-refractivity contribution is -0.193. The third-order valence-corrected chi connectivity index (χ3v) is 5.12. The number of methoxy groups -OCH3 is 1. The zero-order valence-electron chi connectivity index (χ0n) is 18.6. The first-order chi connectivity index (χ1) is 16.2. The van der Waals surface area contributed by atoms with Gasteiger partial charge in [-0.25, -0.2) is 9.59 Å². The number of aromatic nitrogens is 1. The first-order valence-electron chi connectivity index (χ1n) is 10.2. The van der Waals surface area contributed by atoms with Crippen molar-refractivity contribution in [1.82, 2.24) is 14.8 Å². The normalized spacial score (nSPS) is 20.2. The van der Waals surface area contributed by atoms with Crippen LogP contribution in [0.2, 0.25) is 0 Å². The maximum Gasteiger partial charge on any atom is 0.490 e. The Morgan fingerprint density at radius 3 is 2.03 bits per heavy atom. The molecule has 2 aliphatic heterocycles. The molecule has 2 aliphatic rings. The largest absolute Gasteiger partial charge is 0.490 e. The van der Waals surface area contributed by atoms with Crippen molar-refractivity contribution in [2.75, 3.05) is 39.9 Å². The Bertz CT molecular complexity index is 813. The predicted molar refractivity (Wildman–Crippen MR) is 107 cm³/mol. The molecule has 9 nitrogen and oxygen atoms in total. The molecule has 0 bridgehead atoms. The average molecular weight is 517 g/mol. The van der Waals surface area contributed by atoms with Gasteiger partial charge in [-0.1, -0.05) is 0 Å². The number of carbonyl (C=O) groups is 3. The molecule has 3 heterocycles. The zero-order chi connectivity index (χ0) is 26.8. The van der Waals surface area contributed by atoms with Gasteiger partial charge in [0.05, 0.1) is 12.5 Å². The molecule has 35 heavy (non-hydrogen) atoms. The maximum absolute atomic E-state index is 12.5. The van der Waals surface area contributed by atoms with Crippen molar-refractivity contribution in [2.24, 2.45) is 11.8 Å². The summed E-state index contributed by atoms with van der Waals surface area (Å²) in [5, 5.41) is 14.2. The topological polar surface area (TPSA) is 120 Å². The van der Waals surface area contributed by atoms with Crippen LogP contribution in [0.5, 0.6) is 0 Å². The monoisotopic (exact) mass is 517 g/mol. The van der Waals surface area contributed by atoms with Crippen molar-refractivity contribution in [3.63, 3.8) is 0 Å². The quantitative estimate of drug-likeness (QED) is 0.571. The van der Waals surface area contributed by atoms with E-state index in [1.165, 1.54) is 5.56 Å². The zero-order valence-corrected chi connectivity index (χ0v) is 18.6. The number of hydrogen-bond donors (Lipinski definition) is 2. The van der Waals surface area contributed by atoms with Gasteiger partial charge >= 0.3 is 24.3 Å². The van der Waals surface area contributed by atoms with Crippen LogP contribution in [0.1, 0.15) is 12.0 Å². The van der Waals surface area contributed by atoms with Crippen LogP contribution in [-0.2, 0) is 25.7 Å². The Hall–Kier alpha value is -2.94. The Kier molecular flexibility index (Phi) is 11.4. The molecule has 2 saturated heterocycles. The highest BCUT2D eigenvalue weighted by Crippen LogP contribution is 2.32. The van der Waals surface area contributed by atoms with E-state index in [1.807, 2.05) is 17.3 Å². The lowest BCUT2D eigenvalue weighted by Gasteiger charge is -2.33. The first-order valence-corrected chi connectivity index (χ1v) is 10.2. The molecule has 198 valence electrons. The van der Waals surface area contributed by atoms with E-state index in [-0.39, 0.29) is 5.92 Å². The number of piperidine rings is 1. The fourth-order valence-electron chi connectivity index (χ4n) is 3.50. The third-order valence-electron chi connectivity index (χ3n) is 5.12. The number of pyridine rings is 1. The predicted octanol–water partition coefficient (Wildman–Crippen LogP) is 2.27. The Labute approximate surface area is 196 Å². The van der Waals surface area contributed by atoms with Crippen LogP contribution in [0.4, 0.5) is 26.3 Å². The second-order valence-electron chi connectivity index (χ2n) is 7.63. The van der Waals surface area contributed by atoms with Gasteiger partial charge in [-0.15, -0.1) is 0 Å². The van der Waals surface area contributed by atoms with Gasteiger partial charge in [-0.05, 0) is 30.0 Å². The lowest BCUT2D eigenvalue weighted by atomic mass is 9.88. The van der Waals surface area contributed by atoms with Crippen LogP contribution in [0.25, 0.3) is 0 Å². The molecule has 1 aromatic rings. The molecular weight excluding hydrogens is 492 g/mol. The summed E-state index contributed by atoms with van der Waals surface area (Å²) in [6.07, 6.45) is -5.39. The van der Waals surface area contributed by atoms with E-state index in [0.29, 0.717) is 18.4 Å². The van der Waals surface area contributed by atoms with Gasteiger partial charge in [-0.3, -0.25) is 14.7 Å². The van der Waals surface area contributed by atoms with Gasteiger partial charge < -0.3 is 19.8 Å². The number of nitrogens with zero attached hydrogens (tertiary/aromatic N) is 3. The van der Waals surface area contributed by atoms with E-state index >= 15 is 0 Å². The molecule has 0 radical (unpaired) electrons. The first kappa shape index (κ1) is 30.1. The number of alkyl halides is 6. The number of aliphatic carboxylic acids is 2. The standard InChI is InChI=1S/C16H23N3O2.2C2HF3O2/c1-21-9-8-19-7-4-14-11-18(12-15(14)16(19)20)10-13-2-5-17-6-3-13;2*3-2(4,5)1(6)7/h2-3,5-6,14-15H,4,7-12H2,1H3;2*(H,6,7)/t14-,15-;;/m0../s1. The minimum Gasteiger partial charge on any atom is -0.475 e. The minimum atomic E-state index is -5.08. The summed E-state index contributed by atoms with van der Waals surface area (Å²) in [5.41, 5.74) is 1.27. The second kappa shape index (κ2) is 13.2. The molecule has 0 saturated carbocycles. The molecule has 2 N–H and O–H groups in total. The van der Waals surface area contributed by atoms with Crippen LogP contribution in [0.3, 0.4) is 0 Å². The summed E-state index contributed by atoms with van der Waals surface area (Å²) >= 11 is 0. The summed E-state index contributed by atoms with van der Waals surface area (Å²) in [7, 11) is 1.68. The van der Waals surface area contributed by atoms with Crippen molar-refractivity contribution in [1.29, 1.82) is 0 Å². The molecule has 15 heteroatoms. The molecule has 2 atom stereocenters. The summed E-state index contributed by atoms with van der Waals surface area (Å²) in [4.78, 5) is 38.8. The fourth-order valence-corrected chi connectivity index (χ4v) is 3.50. The number of likely N-dealkylation sites (tertiary alicyclic amines) is 2. The number of halogens is 6. The summed E-state index contributed by atoms with van der Waals surface area (Å²) in [6, 6.07) is 4.10. The molecule has 0 spiro atoms. The lowest BCUT2D eigenvalue weighted by Crippen LogP contribution is -2.46. The second-order valence-corrected chi connectivity index (χ2v) is 7.63. The van der Waals surface area contributed by atoms with Crippen LogP contribution in [-0.4, -0.2) is 95.1 Å². The van der Waals surface area contributed by atoms with Gasteiger partial charge in [0.1, 0.15) is 0 Å². The summed E-state index contributed by atoms with van der Waals surface area (Å²) < 4.78 is 68.6. The van der Waals surface area contributed by atoms with Crippen LogP contribution < -0.4 is 0 Å². The number of amides is 1. The maximum atomic E-state index is 12.5. The van der Waals surface area contributed by atoms with Gasteiger partial charge in [-0.2, -0.15) is 26.3 Å². The molecule has 3 rings (SSSR count). The highest BCUT2D eigenvalue weighted by atomic mass is 19.4. The van der Waals surface area contributed by atoms with E-state index in [4.69, 9.17) is 24.5 Å². The third kappa shape index (κ3) is 10.5. The van der Waals surface area contributed by atoms with Crippen molar-refractivity contribution in [2.45, 2.75) is 25.3 Å². The Morgan fingerprint density at radius 1 is 1.06 bits per heavy atom. The fraction of sp³-hybridized carbons (Fsp3) is 0.600. The number of fused-ring (bicyclic) bond motifs is 1. The van der Waals surface area contributed by atoms with Gasteiger partial charge in [0.25, 0.3) is 0 Å². The van der Waals surface area contributed by atoms with E-state index in [0.717, 1.165) is 39.1 Å². The number of carboxylic acid groups (broad SMARTS) is 2. The van der Waals surface area contributed by atoms with E-state index in [9.17, 15) is 31.1 Å². The van der Waals surface area contributed by atoms with Gasteiger partial charge in [0.2, 0.25) is 5.91 Å². The summed E-state index contributed by atoms with van der Waals surface area (Å²) in [6.45, 7) is 5.08. The van der Waals surface area contributed by atoms with E-state index in [1.54, 1.807) is 7.11 Å². The highest BCUT2D eigenvalue weighted by Gasteiger charge is 2.42. The van der Waals surface area contributed by atoms with Crippen molar-refractivity contribution < 1.29 is 55.7 Å². The smallest absolute Gasteiger partial charge is 0.475 e. The molecule has 2 fully saturated rings. The molecule has 0 aromatic carbocycles. The number of carboxylic acids is 2. The Balaban J connectivity index is 0.000000362. The number of carbonyl (C=O) groups excluding carboxylic acids is 1. The van der Waals surface area contributed by atoms with Crippen molar-refractivity contribution >= 4 is 17.8 Å². The van der Waals surface area contributed by atoms with E-state index in [2.05, 4.69) is 22.0 Å². The average Bonchev–Trinajstić information content (AvgIpc) is 3.17. The van der Waals surface area contributed by atoms with Crippen LogP contribution in [0.15, 0.2) is 24.5 Å². The van der Waals surface area contributed by atoms with Crippen LogP contribution in [0, 0.1) is 11.8 Å². The van der Waals surface area contributed by atoms with Crippen LogP contribution >= 0.6 is 0 Å². The summed E-state index contributed by atoms with van der Waals surface area (Å²) in [5.74, 6) is -4.49. The SMILES string of the molecule is COCCN1CC[C@H]2CN(Cc3ccncc3)C[C@@H]2C1=O.O=C(O)C(F)(F)F.O=C(O)C(F)(F)F. The molecule has 1 amide bonds. The number of ether oxygens (including phenoxy) is 1. The number of hydrogen-bond acceptors (Lipinski definition) is 6. The highest BCUT2D eigenvalue weighted by molar-refractivity contribution is 5.80. The molecular formula is C20H25F6N3O6. The number of rotatable bonds is 5. The minimum absolute atomic E-state index is 0.178. The Morgan fingerprint density at radius 2 is 1.57 bits per heavy atom. The van der Waals surface area contributed by atoms with Gasteiger partial charge in [0.15, 0.2) is 0 Å². The molecule has 0 aliphatic carbocycles.